The van der Waals surface area contributed by atoms with E-state index in [0.29, 0.717) is 10.6 Å². The minimum absolute atomic E-state index is 0.00259. The van der Waals surface area contributed by atoms with Crippen molar-refractivity contribution in [2.24, 2.45) is 0 Å². The summed E-state index contributed by atoms with van der Waals surface area (Å²) in [5.41, 5.74) is 1.66. The summed E-state index contributed by atoms with van der Waals surface area (Å²) in [5.74, 6) is 2.00. The van der Waals surface area contributed by atoms with Crippen LogP contribution in [0.5, 0.6) is 5.75 Å². The first kappa shape index (κ1) is 18.7. The van der Waals surface area contributed by atoms with Crippen molar-refractivity contribution in [2.75, 3.05) is 18.0 Å². The van der Waals surface area contributed by atoms with Crippen LogP contribution in [0.25, 0.3) is 0 Å². The lowest BCUT2D eigenvalue weighted by molar-refractivity contribution is -0.133. The van der Waals surface area contributed by atoms with Gasteiger partial charge in [-0.3, -0.25) is 5.41 Å². The Kier molecular flexibility index (Phi) is 4.98. The number of ether oxygens (including phenoxy) is 2. The molecule has 0 unspecified atom stereocenters. The standard InChI is InChI=1S/C21H23ClN4O2/c1-14(23)27-20(24)16-5-6-18(25-13-16)26-11-9-21(10-12-26)8-7-15-3-2-4-17(22)19(15)28-21/h2-6,13,23-24H,7-12H2,1H3/p+1. The van der Waals surface area contributed by atoms with Gasteiger partial charge in [-0.1, -0.05) is 23.7 Å². The average Bonchev–Trinajstić information content (AvgIpc) is 2.69. The van der Waals surface area contributed by atoms with E-state index in [2.05, 4.69) is 16.0 Å². The smallest absolute Gasteiger partial charge is 0.336 e. The van der Waals surface area contributed by atoms with Gasteiger partial charge in [0.05, 0.1) is 17.5 Å². The van der Waals surface area contributed by atoms with Crippen molar-refractivity contribution < 1.29 is 14.9 Å². The molecule has 0 radical (unpaired) electrons. The summed E-state index contributed by atoms with van der Waals surface area (Å²) in [6.45, 7) is 3.35. The van der Waals surface area contributed by atoms with Crippen LogP contribution in [0.15, 0.2) is 36.5 Å². The molecule has 6 nitrogen and oxygen atoms in total. The zero-order chi connectivity index (χ0) is 19.7. The Hall–Kier alpha value is -2.60. The topological polar surface area (TPSA) is 84.0 Å². The van der Waals surface area contributed by atoms with Crippen molar-refractivity contribution in [3.63, 3.8) is 0 Å². The summed E-state index contributed by atoms with van der Waals surface area (Å²) in [6, 6.07) is 9.74. The molecule has 3 heterocycles. The third-order valence-electron chi connectivity index (χ3n) is 5.49. The lowest BCUT2D eigenvalue weighted by atomic mass is 9.83. The monoisotopic (exact) mass is 399 g/mol. The number of rotatable bonds is 2. The summed E-state index contributed by atoms with van der Waals surface area (Å²) >= 11 is 6.36. The zero-order valence-corrected chi connectivity index (χ0v) is 16.6. The fraction of sp³-hybridized carbons (Fsp3) is 0.381. The average molecular weight is 400 g/mol. The van der Waals surface area contributed by atoms with E-state index in [4.69, 9.17) is 31.9 Å². The first-order valence-corrected chi connectivity index (χ1v) is 9.87. The van der Waals surface area contributed by atoms with E-state index in [0.717, 1.165) is 50.3 Å². The Bertz CT molecular complexity index is 905. The number of halogens is 1. The highest BCUT2D eigenvalue weighted by Gasteiger charge is 2.40. The summed E-state index contributed by atoms with van der Waals surface area (Å²) in [6.07, 6.45) is 5.54. The fourth-order valence-corrected chi connectivity index (χ4v) is 4.15. The van der Waals surface area contributed by atoms with E-state index >= 15 is 0 Å². The van der Waals surface area contributed by atoms with Gasteiger partial charge in [0.1, 0.15) is 17.2 Å². The van der Waals surface area contributed by atoms with Crippen LogP contribution < -0.4 is 15.0 Å². The molecule has 0 saturated carbocycles. The number of hydrogen-bond donors (Lipinski definition) is 2. The third-order valence-corrected chi connectivity index (χ3v) is 5.79. The number of benzene rings is 1. The van der Waals surface area contributed by atoms with Gasteiger partial charge >= 0.3 is 5.90 Å². The number of nitrogens with one attached hydrogen (secondary N) is 1. The summed E-state index contributed by atoms with van der Waals surface area (Å²) in [7, 11) is 0. The molecule has 0 bridgehead atoms. The van der Waals surface area contributed by atoms with Crippen LogP contribution in [-0.4, -0.2) is 35.5 Å². The molecule has 0 aliphatic carbocycles. The molecule has 3 N–H and O–H groups in total. The normalized spacial score (nSPS) is 17.6. The van der Waals surface area contributed by atoms with Gasteiger partial charge in [-0.25, -0.2) is 10.4 Å². The molecule has 2 aliphatic heterocycles. The van der Waals surface area contributed by atoms with Crippen LogP contribution in [0.3, 0.4) is 0 Å². The molecule has 1 saturated heterocycles. The Balaban J connectivity index is 1.41. The minimum atomic E-state index is -0.140. The molecule has 0 amide bonds. The number of anilines is 1. The van der Waals surface area contributed by atoms with E-state index in [1.807, 2.05) is 24.3 Å². The first-order chi connectivity index (χ1) is 13.5. The second kappa shape index (κ2) is 7.43. The molecule has 0 atom stereocenters. The number of nitrogens with two attached hydrogens (primary N) is 1. The number of para-hydroxylation sites is 1. The fourth-order valence-electron chi connectivity index (χ4n) is 3.92. The largest absolute Gasteiger partial charge is 0.485 e. The zero-order valence-electron chi connectivity index (χ0n) is 15.9. The lowest BCUT2D eigenvalue weighted by Crippen LogP contribution is -2.50. The number of nitrogens with zero attached hydrogens (tertiary/aromatic N) is 2. The van der Waals surface area contributed by atoms with Gasteiger partial charge in [-0.15, -0.1) is 0 Å². The highest BCUT2D eigenvalue weighted by Crippen LogP contribution is 2.43. The van der Waals surface area contributed by atoms with Gasteiger partial charge in [0.2, 0.25) is 5.90 Å². The van der Waals surface area contributed by atoms with Crippen LogP contribution in [0.4, 0.5) is 5.82 Å². The van der Waals surface area contributed by atoms with Crippen molar-refractivity contribution in [1.29, 1.82) is 5.41 Å². The first-order valence-electron chi connectivity index (χ1n) is 9.49. The van der Waals surface area contributed by atoms with E-state index in [1.165, 1.54) is 5.56 Å². The molecule has 7 heteroatoms. The Morgan fingerprint density at radius 1 is 1.25 bits per heavy atom. The van der Waals surface area contributed by atoms with Gasteiger partial charge in [0.15, 0.2) is 0 Å². The van der Waals surface area contributed by atoms with E-state index < -0.39 is 0 Å². The summed E-state index contributed by atoms with van der Waals surface area (Å²) in [5, 5.41) is 14.1. The quantitative estimate of drug-likeness (QED) is 0.600. The Morgan fingerprint density at radius 2 is 2.04 bits per heavy atom. The van der Waals surface area contributed by atoms with Crippen LogP contribution in [-0.2, 0) is 11.2 Å². The molecular weight excluding hydrogens is 376 g/mol. The molecule has 1 aromatic carbocycles. The van der Waals surface area contributed by atoms with Gasteiger partial charge in [0.25, 0.3) is 0 Å². The molecule has 146 valence electrons. The van der Waals surface area contributed by atoms with Crippen LogP contribution >= 0.6 is 11.6 Å². The van der Waals surface area contributed by atoms with Crippen molar-refractivity contribution in [3.8, 4) is 5.75 Å². The SMILES string of the molecule is CC(=[NH2+])OC(=N)c1ccc(N2CCC3(CCc4cccc(Cl)c4O3)CC2)nc1. The predicted molar refractivity (Wildman–Crippen MR) is 109 cm³/mol. The van der Waals surface area contributed by atoms with Crippen LogP contribution in [0, 0.1) is 5.41 Å². The number of aryl methyl sites for hydroxylation is 1. The van der Waals surface area contributed by atoms with Crippen molar-refractivity contribution in [3.05, 3.63) is 52.7 Å². The molecule has 1 aromatic heterocycles. The molecule has 4 rings (SSSR count). The van der Waals surface area contributed by atoms with Crippen molar-refractivity contribution >= 4 is 29.2 Å². The third kappa shape index (κ3) is 3.69. The second-order valence-electron chi connectivity index (χ2n) is 7.45. The van der Waals surface area contributed by atoms with Crippen molar-refractivity contribution in [1.82, 2.24) is 4.98 Å². The number of aromatic nitrogens is 1. The molecule has 28 heavy (non-hydrogen) atoms. The molecular formula is C21H24ClN4O2+. The van der Waals surface area contributed by atoms with Gasteiger partial charge in [-0.2, -0.15) is 0 Å². The number of pyridine rings is 1. The van der Waals surface area contributed by atoms with Gasteiger partial charge < -0.3 is 14.4 Å². The van der Waals surface area contributed by atoms with E-state index in [-0.39, 0.29) is 17.4 Å². The molecule has 1 fully saturated rings. The van der Waals surface area contributed by atoms with E-state index in [1.54, 1.807) is 13.1 Å². The highest BCUT2D eigenvalue weighted by molar-refractivity contribution is 6.32. The van der Waals surface area contributed by atoms with Crippen LogP contribution in [0.2, 0.25) is 5.02 Å². The minimum Gasteiger partial charge on any atom is -0.485 e. The maximum Gasteiger partial charge on any atom is 0.336 e. The maximum atomic E-state index is 7.88. The summed E-state index contributed by atoms with van der Waals surface area (Å²) < 4.78 is 11.6. The van der Waals surface area contributed by atoms with Crippen molar-refractivity contribution in [2.45, 2.75) is 38.2 Å². The number of fused-ring (bicyclic) bond motifs is 1. The highest BCUT2D eigenvalue weighted by atomic mass is 35.5. The van der Waals surface area contributed by atoms with Crippen LogP contribution in [0.1, 0.15) is 37.3 Å². The number of piperidine rings is 1. The maximum absolute atomic E-state index is 7.88. The van der Waals surface area contributed by atoms with E-state index in [9.17, 15) is 0 Å². The Labute approximate surface area is 169 Å². The molecule has 1 spiro atoms. The van der Waals surface area contributed by atoms with Gasteiger partial charge in [-0.05, 0) is 36.6 Å². The molecule has 2 aliphatic rings. The second-order valence-corrected chi connectivity index (χ2v) is 7.85. The molecule has 2 aromatic rings. The number of hydrogen-bond acceptors (Lipinski definition) is 5. The lowest BCUT2D eigenvalue weighted by Gasteiger charge is -2.45. The predicted octanol–water partition coefficient (Wildman–Crippen LogP) is 2.62. The summed E-state index contributed by atoms with van der Waals surface area (Å²) in [4.78, 5) is 6.76. The Morgan fingerprint density at radius 3 is 2.71 bits per heavy atom. The van der Waals surface area contributed by atoms with Gasteiger partial charge in [0, 0.05) is 32.1 Å².